The number of aliphatic hydroxyl groups excluding tert-OH is 6. The van der Waals surface area contributed by atoms with Gasteiger partial charge in [-0.15, -0.1) is 0 Å². The Kier molecular flexibility index (Phi) is 22.2. The Bertz CT molecular complexity index is 4070. The molecule has 101 heavy (non-hydrogen) atoms. The first kappa shape index (κ1) is 74.5. The molecule has 7 aliphatic rings. The van der Waals surface area contributed by atoms with Crippen LogP contribution in [-0.4, -0.2) is 191 Å². The molecule has 2 saturated heterocycles. The highest BCUT2D eigenvalue weighted by atomic mass is 35.5. The number of rotatable bonds is 13. The summed E-state index contributed by atoms with van der Waals surface area (Å²) < 4.78 is 38.3. The standard InChI is InChI=1S/C66H75Cl2N9O24/c1-23(2)12-34(71-5)58(88)76-49-51(83)26-7-10-38(32(67)14-26)97-40-16-28-17-41(55(40)101-65-56(54(86)53(85)42(22-78)99-65)100-44-21-66(4,70)57(87)24(3)96-44)98-39-11-8-27(15-33(39)68)52(84)50-63(93)75-48(64(94)95)31-18-29(79)19-37(81)45(31)30-13-25(6-9-36(30)80)46(60(90)77-50)74-61(91)47(28)73-59(89)35(20-43(69)82)72-62(49)92/h6-11,13-19,23-24,34-35,42,44,46-54,56-57,65,71,78-81,83-87H,12,20-22,70H2,1-5H3,(H2,69,82)(H,72,92)(H,73,89)(H,74,91)(H,75,93)(H,76,88)(H,77,90)(H,94,95)/t24-,34+,35-,42+,44-,46+,47+,48?,49+,50-,51+,52+,53+,54-,56+,57+,65-,66-/m0/s1. The highest BCUT2D eigenvalue weighted by Gasteiger charge is 2.51. The van der Waals surface area contributed by atoms with E-state index in [4.69, 9.17) is 63.1 Å². The topological polar surface area (TPSA) is 530 Å². The summed E-state index contributed by atoms with van der Waals surface area (Å²) in [5.74, 6) is -16.0. The Morgan fingerprint density at radius 1 is 0.713 bits per heavy atom. The van der Waals surface area contributed by atoms with Gasteiger partial charge >= 0.3 is 5.97 Å². The molecule has 33 nitrogen and oxygen atoms in total. The molecule has 0 aliphatic carbocycles. The second kappa shape index (κ2) is 30.2. The molecule has 35 heteroatoms. The Morgan fingerprint density at radius 2 is 1.32 bits per heavy atom. The molecule has 0 saturated carbocycles. The number of carbonyl (C=O) groups excluding carboxylic acids is 7. The number of phenolic OH excluding ortho intramolecular Hbond substituents is 3. The third-order valence-corrected chi connectivity index (χ3v) is 18.4. The number of aromatic hydroxyl groups is 3. The van der Waals surface area contributed by atoms with E-state index in [1.54, 1.807) is 0 Å². The van der Waals surface area contributed by atoms with Crippen LogP contribution in [0.25, 0.3) is 11.1 Å². The molecular weight excluding hydrogens is 1370 g/mol. The SMILES string of the molecule is CN[C@H](CC(C)C)C(=O)N[C@H]1C(=O)N[C@@H](CC(N)=O)C(=O)N[C@H]2C(=O)N[C@H]3C(=O)N[C@H](C(=O)NC(C(=O)O)c4cc(O)cc(O)c4-c4cc3ccc4O)[C@H](O)c3ccc(c(Cl)c3)Oc3cc2cc(c3O[C@@H]2O[C@H](CO)[C@@H](O)[C@H](O)[C@H]2O[C@H]2C[C@](C)(N)[C@H](O)[C@H](C)O2)Oc2ccc(cc2Cl)[C@H]1O. The van der Waals surface area contributed by atoms with Gasteiger partial charge in [0.25, 0.3) is 0 Å². The number of carbonyl (C=O) groups is 8. The summed E-state index contributed by atoms with van der Waals surface area (Å²) in [7, 11) is 1.47. The summed E-state index contributed by atoms with van der Waals surface area (Å²) in [4.78, 5) is 117. The zero-order valence-corrected chi connectivity index (χ0v) is 55.8. The minimum atomic E-state index is -2.35. The summed E-state index contributed by atoms with van der Waals surface area (Å²) in [6, 6.07) is -0.679. The van der Waals surface area contributed by atoms with Crippen LogP contribution >= 0.6 is 23.2 Å². The molecule has 7 aliphatic heterocycles. The zero-order valence-electron chi connectivity index (χ0n) is 54.3. The number of aliphatic carboxylic acids is 1. The zero-order chi connectivity index (χ0) is 73.5. The number of ether oxygens (including phenoxy) is 6. The summed E-state index contributed by atoms with van der Waals surface area (Å²) >= 11 is 14.1. The van der Waals surface area contributed by atoms with Crippen molar-refractivity contribution in [1.82, 2.24) is 37.2 Å². The number of aliphatic hydroxyl groups is 6. The van der Waals surface area contributed by atoms with E-state index in [9.17, 15) is 75.0 Å². The highest BCUT2D eigenvalue weighted by Crippen LogP contribution is 2.50. The Hall–Kier alpha value is -9.20. The average molecular weight is 1450 g/mol. The van der Waals surface area contributed by atoms with E-state index in [1.165, 1.54) is 33.0 Å². The molecule has 12 rings (SSSR count). The van der Waals surface area contributed by atoms with Crippen molar-refractivity contribution in [2.24, 2.45) is 17.4 Å². The average Bonchev–Trinajstić information content (AvgIpc) is 0.775. The number of nitrogens with two attached hydrogens (primary N) is 2. The second-order valence-corrected chi connectivity index (χ2v) is 26.5. The number of hydrogen-bond acceptors (Lipinski definition) is 25. The predicted octanol–water partition coefficient (Wildman–Crippen LogP) is 0.106. The van der Waals surface area contributed by atoms with E-state index in [-0.39, 0.29) is 46.2 Å². The molecule has 0 aromatic heterocycles. The van der Waals surface area contributed by atoms with Crippen LogP contribution in [0.5, 0.6) is 46.0 Å². The van der Waals surface area contributed by atoms with Gasteiger partial charge in [-0.05, 0) is 110 Å². The Balaban J connectivity index is 1.24. The monoisotopic (exact) mass is 1450 g/mol. The fourth-order valence-electron chi connectivity index (χ4n) is 12.5. The number of likely N-dealkylation sites (N-methyl/N-ethyl adjacent to an activating group) is 1. The van der Waals surface area contributed by atoms with Crippen molar-refractivity contribution in [3.05, 3.63) is 117 Å². The van der Waals surface area contributed by atoms with Gasteiger partial charge in [-0.1, -0.05) is 55.2 Å². The molecule has 2 fully saturated rings. The van der Waals surface area contributed by atoms with E-state index in [1.807, 2.05) is 13.8 Å². The lowest BCUT2D eigenvalue weighted by Crippen LogP contribution is -2.64. The molecule has 0 spiro atoms. The Morgan fingerprint density at radius 3 is 1.90 bits per heavy atom. The van der Waals surface area contributed by atoms with Crippen LogP contribution in [0.3, 0.4) is 0 Å². The number of primary amides is 1. The van der Waals surface area contributed by atoms with E-state index in [2.05, 4.69) is 37.2 Å². The number of carboxylic acids is 1. The van der Waals surface area contributed by atoms with E-state index in [0.717, 1.165) is 66.7 Å². The maximum Gasteiger partial charge on any atom is 0.330 e. The number of carboxylic acid groups (broad SMARTS) is 1. The molecule has 5 aromatic rings. The molecule has 5 aromatic carbocycles. The van der Waals surface area contributed by atoms with E-state index < -0.39 is 237 Å². The van der Waals surface area contributed by atoms with Crippen molar-refractivity contribution < 1.29 is 118 Å². The van der Waals surface area contributed by atoms with Gasteiger partial charge in [0.2, 0.25) is 53.4 Å². The molecular formula is C66H75Cl2N9O24. The van der Waals surface area contributed by atoms with Crippen LogP contribution in [0, 0.1) is 5.92 Å². The lowest BCUT2D eigenvalue weighted by atomic mass is 9.86. The van der Waals surface area contributed by atoms with Crippen LogP contribution in [0.4, 0.5) is 0 Å². The lowest BCUT2D eigenvalue weighted by Gasteiger charge is -2.47. The van der Waals surface area contributed by atoms with Crippen molar-refractivity contribution in [2.75, 3.05) is 13.7 Å². The number of fused-ring (bicyclic) bond motifs is 15. The minimum absolute atomic E-state index is 0.0975. The van der Waals surface area contributed by atoms with Crippen molar-refractivity contribution >= 4 is 70.5 Å². The van der Waals surface area contributed by atoms with E-state index >= 15 is 14.4 Å². The fraction of sp³-hybridized carbons (Fsp3) is 0.424. The normalized spacial score (nSPS) is 29.4. The highest BCUT2D eigenvalue weighted by molar-refractivity contribution is 6.32. The Labute approximate surface area is 584 Å². The quantitative estimate of drug-likeness (QED) is 0.0743. The summed E-state index contributed by atoms with van der Waals surface area (Å²) in [6.07, 6.45) is -18.6. The van der Waals surface area contributed by atoms with Crippen molar-refractivity contribution in [2.45, 2.75) is 156 Å². The number of hydrogen-bond donors (Lipinski definition) is 19. The van der Waals surface area contributed by atoms with Gasteiger partial charge in [0.1, 0.15) is 89.5 Å². The van der Waals surface area contributed by atoms with Crippen LogP contribution in [0.15, 0.2) is 78.9 Å². The van der Waals surface area contributed by atoms with Gasteiger partial charge in [0.15, 0.2) is 29.9 Å². The smallest absolute Gasteiger partial charge is 0.330 e. The fourth-order valence-corrected chi connectivity index (χ4v) is 12.9. The summed E-state index contributed by atoms with van der Waals surface area (Å²) in [6.45, 7) is 5.66. The van der Waals surface area contributed by atoms with Gasteiger partial charge in [0.05, 0.1) is 41.3 Å². The molecule has 1 unspecified atom stereocenters. The number of halogens is 2. The first-order chi connectivity index (χ1) is 47.7. The lowest BCUT2D eigenvalue weighted by molar-refractivity contribution is -0.333. The molecule has 542 valence electrons. The molecule has 0 radical (unpaired) electrons. The maximum absolute atomic E-state index is 16.0. The second-order valence-electron chi connectivity index (χ2n) is 25.7. The third-order valence-electron chi connectivity index (χ3n) is 17.8. The number of amides is 7. The molecule has 7 amide bonds. The third kappa shape index (κ3) is 15.8. The summed E-state index contributed by atoms with van der Waals surface area (Å²) in [5.41, 5.74) is 8.00. The van der Waals surface area contributed by atoms with Gasteiger partial charge in [-0.2, -0.15) is 0 Å². The molecule has 18 atom stereocenters. The van der Waals surface area contributed by atoms with Gasteiger partial charge in [-0.3, -0.25) is 33.6 Å². The predicted molar refractivity (Wildman–Crippen MR) is 349 cm³/mol. The van der Waals surface area contributed by atoms with E-state index in [0.29, 0.717) is 0 Å². The molecule has 21 N–H and O–H groups in total. The van der Waals surface area contributed by atoms with Gasteiger partial charge < -0.3 is 128 Å². The van der Waals surface area contributed by atoms with Gasteiger partial charge in [0, 0.05) is 34.7 Å². The largest absolute Gasteiger partial charge is 0.508 e. The summed E-state index contributed by atoms with van der Waals surface area (Å²) in [5, 5.41) is 131. The van der Waals surface area contributed by atoms with Crippen LogP contribution in [0.2, 0.25) is 10.0 Å². The van der Waals surface area contributed by atoms with Crippen LogP contribution in [-0.2, 0) is 52.6 Å². The number of phenols is 3. The maximum atomic E-state index is 16.0. The number of benzene rings is 5. The number of nitrogens with one attached hydrogen (secondary N) is 7. The van der Waals surface area contributed by atoms with Crippen LogP contribution < -0.4 is 62.9 Å². The molecule has 7 heterocycles. The molecule has 11 bridgehead atoms. The van der Waals surface area contributed by atoms with Crippen molar-refractivity contribution in [3.8, 4) is 57.1 Å². The first-order valence-electron chi connectivity index (χ1n) is 31.6. The van der Waals surface area contributed by atoms with Gasteiger partial charge in [-0.25, -0.2) is 4.79 Å². The first-order valence-corrected chi connectivity index (χ1v) is 32.4. The van der Waals surface area contributed by atoms with Crippen molar-refractivity contribution in [1.29, 1.82) is 0 Å². The minimum Gasteiger partial charge on any atom is -0.508 e. The van der Waals surface area contributed by atoms with Crippen molar-refractivity contribution in [3.63, 3.8) is 0 Å². The van der Waals surface area contributed by atoms with Crippen LogP contribution in [0.1, 0.15) is 105 Å².